The molecule has 2 rings (SSSR count). The third-order valence-electron chi connectivity index (χ3n) is 1.78. The Bertz CT molecular complexity index is 428. The molecule has 66 valence electrons. The van der Waals surface area contributed by atoms with Gasteiger partial charge in [0, 0.05) is 6.92 Å². The Morgan fingerprint density at radius 1 is 1.23 bits per heavy atom. The van der Waals surface area contributed by atoms with Crippen LogP contribution in [-0.4, -0.2) is 33.9 Å². The maximum absolute atomic E-state index is 11.3. The Balaban J connectivity index is 2.63. The predicted octanol–water partition coefficient (Wildman–Crippen LogP) is 0.363. The number of rotatable bonds is 0. The Morgan fingerprint density at radius 2 is 1.92 bits per heavy atom. The van der Waals surface area contributed by atoms with Crippen LogP contribution in [0.1, 0.15) is 13.8 Å². The lowest BCUT2D eigenvalue weighted by Crippen LogP contribution is -2.29. The monoisotopic (exact) mass is 178 g/mol. The van der Waals surface area contributed by atoms with E-state index in [1.807, 2.05) is 0 Å². The summed E-state index contributed by atoms with van der Waals surface area (Å²) in [5, 5.41) is 11.3. The summed E-state index contributed by atoms with van der Waals surface area (Å²) < 4.78 is 0.629. The largest absolute Gasteiger partial charge is 0.710 e. The van der Waals surface area contributed by atoms with Gasteiger partial charge in [-0.05, 0) is 11.9 Å². The van der Waals surface area contributed by atoms with Crippen molar-refractivity contribution in [2.24, 2.45) is 15.0 Å². The second-order valence-corrected chi connectivity index (χ2v) is 2.72. The van der Waals surface area contributed by atoms with Gasteiger partial charge in [-0.25, -0.2) is 9.53 Å². The van der Waals surface area contributed by atoms with Crippen molar-refractivity contribution in [3.05, 3.63) is 5.21 Å². The Kier molecular flexibility index (Phi) is 1.39. The topological polar surface area (TPSA) is 80.2 Å². The summed E-state index contributed by atoms with van der Waals surface area (Å²) in [7, 11) is 0. The molecule has 0 unspecified atom stereocenters. The first-order valence-corrected chi connectivity index (χ1v) is 3.68. The number of hydroxylamine groups is 1. The first-order chi connectivity index (χ1) is 6.09. The maximum Gasteiger partial charge on any atom is 0.371 e. The summed E-state index contributed by atoms with van der Waals surface area (Å²) >= 11 is 0. The van der Waals surface area contributed by atoms with Crippen LogP contribution in [0.25, 0.3) is 0 Å². The molecule has 0 aromatic heterocycles. The number of amidine groups is 2. The van der Waals surface area contributed by atoms with Crippen molar-refractivity contribution in [2.75, 3.05) is 0 Å². The van der Waals surface area contributed by atoms with Gasteiger partial charge in [0.25, 0.3) is 0 Å². The Hall–Kier alpha value is -1.85. The van der Waals surface area contributed by atoms with Crippen LogP contribution < -0.4 is 0 Å². The SMILES string of the molecule is CC1=NC(=O)N=C2N=C(C)[N+]([O-])=C12. The minimum Gasteiger partial charge on any atom is -0.710 e. The predicted molar refractivity (Wildman–Crippen MR) is 47.7 cm³/mol. The number of carbonyl (C=O) groups is 1. The van der Waals surface area contributed by atoms with Crippen molar-refractivity contribution < 1.29 is 9.53 Å². The molecular formula is C7H6N4O2. The van der Waals surface area contributed by atoms with Crippen LogP contribution in [0.15, 0.2) is 15.0 Å². The molecular weight excluding hydrogens is 172 g/mol. The molecule has 0 radical (unpaired) electrons. The summed E-state index contributed by atoms with van der Waals surface area (Å²) in [6, 6.07) is -0.608. The number of amides is 2. The molecule has 6 heteroatoms. The van der Waals surface area contributed by atoms with E-state index in [0.717, 1.165) is 0 Å². The van der Waals surface area contributed by atoms with Crippen LogP contribution >= 0.6 is 0 Å². The first-order valence-electron chi connectivity index (χ1n) is 3.68. The van der Waals surface area contributed by atoms with Gasteiger partial charge in [0.2, 0.25) is 5.71 Å². The fourth-order valence-corrected chi connectivity index (χ4v) is 1.20. The molecule has 13 heavy (non-hydrogen) atoms. The van der Waals surface area contributed by atoms with E-state index < -0.39 is 6.03 Å². The second-order valence-electron chi connectivity index (χ2n) is 2.72. The van der Waals surface area contributed by atoms with Crippen molar-refractivity contribution in [1.29, 1.82) is 0 Å². The molecule has 0 N–H and O–H groups in total. The van der Waals surface area contributed by atoms with E-state index in [0.29, 0.717) is 10.5 Å². The average Bonchev–Trinajstić information content (AvgIpc) is 2.27. The zero-order chi connectivity index (χ0) is 9.59. The highest BCUT2D eigenvalue weighted by atomic mass is 16.5. The number of aliphatic imine (C=N–C) groups is 3. The average molecular weight is 178 g/mol. The minimum atomic E-state index is -0.608. The second kappa shape index (κ2) is 2.32. The fourth-order valence-electron chi connectivity index (χ4n) is 1.20. The van der Waals surface area contributed by atoms with Crippen LogP contribution in [0.4, 0.5) is 4.79 Å². The lowest BCUT2D eigenvalue weighted by atomic mass is 10.2. The lowest BCUT2D eigenvalue weighted by molar-refractivity contribution is -0.319. The number of carbonyl (C=O) groups excluding carboxylic acids is 1. The summed E-state index contributed by atoms with van der Waals surface area (Å²) in [6.07, 6.45) is 0. The maximum atomic E-state index is 11.3. The van der Waals surface area contributed by atoms with Crippen LogP contribution in [0, 0.1) is 5.21 Å². The molecule has 2 heterocycles. The number of nitrogens with zero attached hydrogens (tertiary/aromatic N) is 4. The highest BCUT2D eigenvalue weighted by Crippen LogP contribution is 2.07. The zero-order valence-corrected chi connectivity index (χ0v) is 7.11. The zero-order valence-electron chi connectivity index (χ0n) is 7.11. The quantitative estimate of drug-likeness (QED) is 0.396. The standard InChI is InChI=1S/C7H6N4O2/c1-3-5-6(10-7(12)8-3)9-4(2)11(5)13/h1-2H3. The van der Waals surface area contributed by atoms with Gasteiger partial charge >= 0.3 is 17.7 Å². The van der Waals surface area contributed by atoms with E-state index in [2.05, 4.69) is 15.0 Å². The van der Waals surface area contributed by atoms with Gasteiger partial charge in [0.05, 0.1) is 5.71 Å². The van der Waals surface area contributed by atoms with Crippen molar-refractivity contribution in [3.63, 3.8) is 0 Å². The molecule has 2 aliphatic rings. The van der Waals surface area contributed by atoms with Gasteiger partial charge < -0.3 is 5.21 Å². The summed E-state index contributed by atoms with van der Waals surface area (Å²) in [5.74, 6) is 0.447. The van der Waals surface area contributed by atoms with Crippen LogP contribution in [0.2, 0.25) is 0 Å². The highest BCUT2D eigenvalue weighted by Gasteiger charge is 2.34. The van der Waals surface area contributed by atoms with Crippen LogP contribution in [-0.2, 0) is 0 Å². The lowest BCUT2D eigenvalue weighted by Gasteiger charge is -2.06. The number of fused-ring (bicyclic) bond motifs is 1. The third kappa shape index (κ3) is 0.986. The molecule has 0 bridgehead atoms. The highest BCUT2D eigenvalue weighted by molar-refractivity contribution is 6.70. The minimum absolute atomic E-state index is 0.171. The molecule has 2 amide bonds. The van der Waals surface area contributed by atoms with Crippen molar-refractivity contribution in [2.45, 2.75) is 13.8 Å². The molecule has 0 saturated carbocycles. The molecule has 0 aliphatic carbocycles. The van der Waals surface area contributed by atoms with Gasteiger partial charge in [-0.3, -0.25) is 0 Å². The van der Waals surface area contributed by atoms with Gasteiger partial charge in [-0.15, -0.1) is 4.99 Å². The van der Waals surface area contributed by atoms with Crippen LogP contribution in [0.3, 0.4) is 0 Å². The van der Waals surface area contributed by atoms with Crippen molar-refractivity contribution in [3.8, 4) is 0 Å². The van der Waals surface area contributed by atoms with Gasteiger partial charge in [-0.2, -0.15) is 4.99 Å². The summed E-state index contributed by atoms with van der Waals surface area (Å²) in [5.41, 5.74) is 0.641. The van der Waals surface area contributed by atoms with Crippen LogP contribution in [0.5, 0.6) is 0 Å². The molecule has 0 fully saturated rings. The number of hydrogen-bond donors (Lipinski definition) is 0. The van der Waals surface area contributed by atoms with E-state index in [1.54, 1.807) is 13.8 Å². The smallest absolute Gasteiger partial charge is 0.371 e. The van der Waals surface area contributed by atoms with E-state index in [1.165, 1.54) is 0 Å². The molecule has 0 aromatic carbocycles. The summed E-state index contributed by atoms with van der Waals surface area (Å²) in [4.78, 5) is 21.8. The van der Waals surface area contributed by atoms with E-state index in [9.17, 15) is 10.0 Å². The fraction of sp³-hybridized carbons (Fsp3) is 0.286. The third-order valence-corrected chi connectivity index (χ3v) is 1.78. The molecule has 2 aliphatic heterocycles. The van der Waals surface area contributed by atoms with E-state index >= 15 is 0 Å². The molecule has 6 nitrogen and oxygen atoms in total. The normalized spacial score (nSPS) is 21.1. The van der Waals surface area contributed by atoms with E-state index in [-0.39, 0.29) is 17.4 Å². The van der Waals surface area contributed by atoms with Gasteiger partial charge in [0.15, 0.2) is 0 Å². The molecule has 0 aromatic rings. The van der Waals surface area contributed by atoms with Gasteiger partial charge in [-0.1, -0.05) is 0 Å². The van der Waals surface area contributed by atoms with Gasteiger partial charge in [0.1, 0.15) is 0 Å². The van der Waals surface area contributed by atoms with Crippen molar-refractivity contribution in [1.82, 2.24) is 0 Å². The number of urea groups is 1. The number of hydrogen-bond acceptors (Lipinski definition) is 3. The first kappa shape index (κ1) is 7.78. The van der Waals surface area contributed by atoms with Crippen molar-refractivity contribution >= 4 is 29.1 Å². The Labute approximate surface area is 73.6 Å². The summed E-state index contributed by atoms with van der Waals surface area (Å²) in [6.45, 7) is 3.14. The molecule has 0 saturated heterocycles. The Morgan fingerprint density at radius 3 is 2.62 bits per heavy atom. The van der Waals surface area contributed by atoms with E-state index in [4.69, 9.17) is 0 Å². The molecule has 0 atom stereocenters. The molecule has 0 spiro atoms.